The quantitative estimate of drug-likeness (QED) is 0.260. The second-order valence-electron chi connectivity index (χ2n) is 6.58. The van der Waals surface area contributed by atoms with Gasteiger partial charge in [-0.25, -0.2) is 22.0 Å². The number of carbonyl (C=O) groups excluding carboxylic acids is 1. The van der Waals surface area contributed by atoms with Gasteiger partial charge in [0.05, 0.1) is 5.02 Å². The summed E-state index contributed by atoms with van der Waals surface area (Å²) in [5.74, 6) is -10.4. The predicted molar refractivity (Wildman–Crippen MR) is 106 cm³/mol. The zero-order valence-electron chi connectivity index (χ0n) is 14.9. The highest BCUT2D eigenvalue weighted by Crippen LogP contribution is 2.38. The summed E-state index contributed by atoms with van der Waals surface area (Å²) in [5.41, 5.74) is -0.993. The number of hydrogen-bond donors (Lipinski definition) is 0. The van der Waals surface area contributed by atoms with Crippen LogP contribution in [0.5, 0.6) is 0 Å². The van der Waals surface area contributed by atoms with E-state index in [4.69, 9.17) is 23.2 Å². The van der Waals surface area contributed by atoms with E-state index in [2.05, 4.69) is 0 Å². The molecule has 1 aliphatic rings. The number of benzene rings is 2. The minimum Gasteiger partial charge on any atom is -0.363 e. The summed E-state index contributed by atoms with van der Waals surface area (Å²) >= 11 is 13.5. The average Bonchev–Trinajstić information content (AvgIpc) is 3.06. The Labute approximate surface area is 181 Å². The van der Waals surface area contributed by atoms with Gasteiger partial charge >= 0.3 is 0 Å². The van der Waals surface area contributed by atoms with E-state index in [0.717, 1.165) is 9.60 Å². The molecule has 1 fully saturated rings. The lowest BCUT2D eigenvalue weighted by molar-refractivity contribution is 0.0751. The second kappa shape index (κ2) is 7.86. The molecule has 0 atom stereocenters. The van der Waals surface area contributed by atoms with Crippen molar-refractivity contribution < 1.29 is 26.7 Å². The fourth-order valence-electron chi connectivity index (χ4n) is 3.32. The number of fused-ring (bicyclic) bond motifs is 1. The van der Waals surface area contributed by atoms with Crippen LogP contribution in [0, 0.1) is 29.1 Å². The Bertz CT molecular complexity index is 1150. The third-order valence-corrected chi connectivity index (χ3v) is 6.74. The largest absolute Gasteiger partial charge is 0.363 e. The fourth-order valence-corrected chi connectivity index (χ4v) is 5.08. The molecule has 11 heteroatoms. The highest BCUT2D eigenvalue weighted by molar-refractivity contribution is 7.21. The maximum absolute atomic E-state index is 14.0. The molecule has 1 amide bonds. The Morgan fingerprint density at radius 1 is 0.867 bits per heavy atom. The van der Waals surface area contributed by atoms with E-state index >= 15 is 0 Å². The van der Waals surface area contributed by atoms with Gasteiger partial charge in [-0.3, -0.25) is 4.79 Å². The standard InChI is InChI=1S/C19H11Cl2F5N2OS/c20-8-1-2-9-10(7-8)30-18(11(9)21)19(29)28-5-3-27(4-6-28)17-15(25)13(23)12(22)14(24)16(17)26/h1-2,7H,3-6H2. The fraction of sp³-hybridized carbons (Fsp3) is 0.211. The number of rotatable bonds is 2. The Kier molecular flexibility index (Phi) is 5.54. The summed E-state index contributed by atoms with van der Waals surface area (Å²) in [5, 5.41) is 1.45. The third kappa shape index (κ3) is 3.38. The van der Waals surface area contributed by atoms with Crippen LogP contribution in [0.25, 0.3) is 10.1 Å². The number of piperazine rings is 1. The van der Waals surface area contributed by atoms with E-state index in [0.29, 0.717) is 15.3 Å². The molecule has 0 unspecified atom stereocenters. The first-order valence-corrected chi connectivity index (χ1v) is 10.2. The van der Waals surface area contributed by atoms with Crippen LogP contribution >= 0.6 is 34.5 Å². The summed E-state index contributed by atoms with van der Waals surface area (Å²) < 4.78 is 69.0. The first-order valence-electron chi connectivity index (χ1n) is 8.64. The number of thiophene rings is 1. The lowest BCUT2D eigenvalue weighted by atomic mass is 10.2. The summed E-state index contributed by atoms with van der Waals surface area (Å²) in [6.45, 7) is -0.190. The Balaban J connectivity index is 1.56. The van der Waals surface area contributed by atoms with Gasteiger partial charge in [0.1, 0.15) is 10.6 Å². The SMILES string of the molecule is O=C(c1sc2cc(Cl)ccc2c1Cl)N1CCN(c2c(F)c(F)c(F)c(F)c2F)CC1. The molecule has 2 heterocycles. The van der Waals surface area contributed by atoms with Crippen molar-refractivity contribution in [2.45, 2.75) is 0 Å². The first-order chi connectivity index (χ1) is 14.2. The molecule has 0 aliphatic carbocycles. The molecule has 1 aliphatic heterocycles. The van der Waals surface area contributed by atoms with Crippen LogP contribution in [-0.2, 0) is 0 Å². The summed E-state index contributed by atoms with van der Waals surface area (Å²) in [7, 11) is 0. The van der Waals surface area contributed by atoms with Crippen molar-refractivity contribution >= 4 is 56.2 Å². The monoisotopic (exact) mass is 480 g/mol. The van der Waals surface area contributed by atoms with Crippen LogP contribution in [0.3, 0.4) is 0 Å². The van der Waals surface area contributed by atoms with Gasteiger partial charge in [-0.15, -0.1) is 11.3 Å². The van der Waals surface area contributed by atoms with Gasteiger partial charge < -0.3 is 9.80 Å². The van der Waals surface area contributed by atoms with Crippen molar-refractivity contribution in [3.63, 3.8) is 0 Å². The minimum absolute atomic E-state index is 0.0175. The maximum Gasteiger partial charge on any atom is 0.265 e. The molecule has 4 rings (SSSR count). The van der Waals surface area contributed by atoms with Crippen molar-refractivity contribution in [2.75, 3.05) is 31.1 Å². The maximum atomic E-state index is 14.0. The molecule has 2 aromatic carbocycles. The number of halogens is 7. The zero-order valence-corrected chi connectivity index (χ0v) is 17.2. The van der Waals surface area contributed by atoms with Gasteiger partial charge in [0, 0.05) is 41.3 Å². The van der Waals surface area contributed by atoms with Crippen LogP contribution < -0.4 is 4.90 Å². The highest BCUT2D eigenvalue weighted by atomic mass is 35.5. The predicted octanol–water partition coefficient (Wildman–Crippen LogP) is 5.87. The number of nitrogens with zero attached hydrogens (tertiary/aromatic N) is 2. The van der Waals surface area contributed by atoms with Crippen molar-refractivity contribution in [3.05, 3.63) is 62.2 Å². The van der Waals surface area contributed by atoms with Crippen LogP contribution in [0.2, 0.25) is 10.0 Å². The number of carbonyl (C=O) groups is 1. The minimum atomic E-state index is -2.21. The van der Waals surface area contributed by atoms with E-state index in [9.17, 15) is 26.7 Å². The number of anilines is 1. The molecule has 0 spiro atoms. The van der Waals surface area contributed by atoms with Gasteiger partial charge in [0.25, 0.3) is 5.91 Å². The molecule has 1 saturated heterocycles. The van der Waals surface area contributed by atoms with Crippen molar-refractivity contribution in [1.29, 1.82) is 0 Å². The second-order valence-corrected chi connectivity index (χ2v) is 8.45. The molecule has 1 aromatic heterocycles. The van der Waals surface area contributed by atoms with Crippen LogP contribution in [0.4, 0.5) is 27.6 Å². The van der Waals surface area contributed by atoms with Gasteiger partial charge in [-0.2, -0.15) is 0 Å². The van der Waals surface area contributed by atoms with E-state index in [1.54, 1.807) is 18.2 Å². The first kappa shape index (κ1) is 21.1. The molecule has 0 radical (unpaired) electrons. The zero-order chi connectivity index (χ0) is 21.7. The third-order valence-electron chi connectivity index (χ3n) is 4.86. The van der Waals surface area contributed by atoms with Gasteiger partial charge in [-0.05, 0) is 12.1 Å². The van der Waals surface area contributed by atoms with E-state index < -0.39 is 34.8 Å². The summed E-state index contributed by atoms with van der Waals surface area (Å²) in [6, 6.07) is 5.04. The molecule has 158 valence electrons. The topological polar surface area (TPSA) is 23.6 Å². The van der Waals surface area contributed by atoms with Crippen LogP contribution in [0.15, 0.2) is 18.2 Å². The Morgan fingerprint density at radius 2 is 1.43 bits per heavy atom. The highest BCUT2D eigenvalue weighted by Gasteiger charge is 2.32. The molecule has 30 heavy (non-hydrogen) atoms. The van der Waals surface area contributed by atoms with Crippen LogP contribution in [-0.4, -0.2) is 37.0 Å². The lowest BCUT2D eigenvalue weighted by Gasteiger charge is -2.36. The van der Waals surface area contributed by atoms with Gasteiger partial charge in [0.15, 0.2) is 23.3 Å². The Morgan fingerprint density at radius 3 is 2.03 bits per heavy atom. The number of amides is 1. The normalized spacial score (nSPS) is 14.6. The van der Waals surface area contributed by atoms with E-state index in [-0.39, 0.29) is 37.1 Å². The summed E-state index contributed by atoms with van der Waals surface area (Å²) in [6.07, 6.45) is 0. The van der Waals surface area contributed by atoms with Gasteiger partial charge in [0.2, 0.25) is 5.82 Å². The number of hydrogen-bond acceptors (Lipinski definition) is 3. The summed E-state index contributed by atoms with van der Waals surface area (Å²) in [4.78, 5) is 15.6. The molecule has 0 saturated carbocycles. The van der Waals surface area contributed by atoms with E-state index in [1.165, 1.54) is 16.2 Å². The molecule has 0 N–H and O–H groups in total. The lowest BCUT2D eigenvalue weighted by Crippen LogP contribution is -2.49. The average molecular weight is 481 g/mol. The molecular weight excluding hydrogens is 470 g/mol. The molecular formula is C19H11Cl2F5N2OS. The Hall–Kier alpha value is -2.10. The molecule has 3 nitrogen and oxygen atoms in total. The van der Waals surface area contributed by atoms with Crippen molar-refractivity contribution in [1.82, 2.24) is 4.90 Å². The molecule has 0 bridgehead atoms. The van der Waals surface area contributed by atoms with Crippen molar-refractivity contribution in [3.8, 4) is 0 Å². The molecule has 3 aromatic rings. The van der Waals surface area contributed by atoms with E-state index in [1.807, 2.05) is 0 Å². The smallest absolute Gasteiger partial charge is 0.265 e. The van der Waals surface area contributed by atoms with Gasteiger partial charge in [-0.1, -0.05) is 29.3 Å². The van der Waals surface area contributed by atoms with Crippen molar-refractivity contribution in [2.24, 2.45) is 0 Å². The van der Waals surface area contributed by atoms with Crippen LogP contribution in [0.1, 0.15) is 9.67 Å².